The Balaban J connectivity index is 1.87. The molecule has 4 amide bonds. The van der Waals surface area contributed by atoms with Crippen LogP contribution in [0.3, 0.4) is 0 Å². The van der Waals surface area contributed by atoms with Gasteiger partial charge < -0.3 is 21.3 Å². The highest BCUT2D eigenvalue weighted by molar-refractivity contribution is 7.90. The Hall–Kier alpha value is -2.76. The Labute approximate surface area is 275 Å². The molecule has 4 N–H and O–H groups in total. The van der Waals surface area contributed by atoms with Gasteiger partial charge in [0.1, 0.15) is 9.84 Å². The molecule has 6 atom stereocenters. The first-order valence-corrected chi connectivity index (χ1v) is 18.9. The van der Waals surface area contributed by atoms with Gasteiger partial charge in [0.25, 0.3) is 5.91 Å². The monoisotopic (exact) mass is 664 g/mol. The molecular weight excluding hydrogens is 608 g/mol. The third-order valence-electron chi connectivity index (χ3n) is 10.6. The zero-order chi connectivity index (χ0) is 34.7. The molecule has 4 rings (SSSR count). The predicted molar refractivity (Wildman–Crippen MR) is 177 cm³/mol. The first-order valence-electron chi connectivity index (χ1n) is 16.8. The maximum absolute atomic E-state index is 14.5. The van der Waals surface area contributed by atoms with E-state index < -0.39 is 68.3 Å². The van der Waals surface area contributed by atoms with Gasteiger partial charge in [-0.15, -0.1) is 6.58 Å². The minimum Gasteiger partial charge on any atom is -0.346 e. The second-order valence-corrected chi connectivity index (χ2v) is 17.8. The number of carbonyl (C=O) groups excluding carboxylic acids is 5. The van der Waals surface area contributed by atoms with E-state index in [9.17, 15) is 32.4 Å². The van der Waals surface area contributed by atoms with E-state index in [1.54, 1.807) is 0 Å². The number of amides is 4. The Morgan fingerprint density at radius 3 is 2.15 bits per heavy atom. The maximum Gasteiger partial charge on any atom is 0.315 e. The average molecular weight is 665 g/mol. The molecule has 4 saturated carbocycles. The number of fused-ring (bicyclic) bond motifs is 2. The molecule has 0 heterocycles. The van der Waals surface area contributed by atoms with Crippen LogP contribution in [0, 0.1) is 34.5 Å². The van der Waals surface area contributed by atoms with Crippen LogP contribution >= 0.6 is 0 Å². The van der Waals surface area contributed by atoms with Crippen molar-refractivity contribution in [2.75, 3.05) is 18.6 Å². The molecule has 0 spiro atoms. The maximum atomic E-state index is 14.5. The second kappa shape index (κ2) is 14.6. The van der Waals surface area contributed by atoms with Crippen molar-refractivity contribution in [1.29, 1.82) is 0 Å². The summed E-state index contributed by atoms with van der Waals surface area (Å²) in [5.74, 6) is -3.71. The third-order valence-corrected chi connectivity index (χ3v) is 11.7. The summed E-state index contributed by atoms with van der Waals surface area (Å²) in [5.41, 5.74) is -1.81. The van der Waals surface area contributed by atoms with Crippen LogP contribution < -0.4 is 21.3 Å². The Morgan fingerprint density at radius 2 is 1.63 bits per heavy atom. The van der Waals surface area contributed by atoms with Gasteiger partial charge in [-0.2, -0.15) is 0 Å². The van der Waals surface area contributed by atoms with Crippen LogP contribution in [0.2, 0.25) is 0 Å². The number of sulfone groups is 1. The number of hydrogen-bond acceptors (Lipinski definition) is 7. The van der Waals surface area contributed by atoms with Gasteiger partial charge in [-0.05, 0) is 54.8 Å². The summed E-state index contributed by atoms with van der Waals surface area (Å²) < 4.78 is 24.6. The molecule has 0 aromatic carbocycles. The highest BCUT2D eigenvalue weighted by Crippen LogP contribution is 2.63. The molecule has 11 nitrogen and oxygen atoms in total. The van der Waals surface area contributed by atoms with Gasteiger partial charge in [-0.3, -0.25) is 19.2 Å². The molecule has 4 aliphatic carbocycles. The van der Waals surface area contributed by atoms with Crippen molar-refractivity contribution in [3.63, 3.8) is 0 Å². The van der Waals surface area contributed by atoms with E-state index in [-0.39, 0.29) is 41.8 Å². The first-order chi connectivity index (χ1) is 21.3. The summed E-state index contributed by atoms with van der Waals surface area (Å²) in [6, 6.07) is -2.58. The van der Waals surface area contributed by atoms with Gasteiger partial charge in [0.15, 0.2) is 5.78 Å². The zero-order valence-corrected chi connectivity index (χ0v) is 29.6. The van der Waals surface area contributed by atoms with E-state index in [2.05, 4.69) is 41.7 Å². The molecule has 0 aliphatic heterocycles. The average Bonchev–Trinajstić information content (AvgIpc) is 2.95. The van der Waals surface area contributed by atoms with Crippen LogP contribution in [0.25, 0.3) is 0 Å². The smallest absolute Gasteiger partial charge is 0.315 e. The lowest BCUT2D eigenvalue weighted by molar-refractivity contribution is -0.170. The van der Waals surface area contributed by atoms with E-state index >= 15 is 0 Å². The third kappa shape index (κ3) is 8.77. The van der Waals surface area contributed by atoms with Crippen LogP contribution in [0.4, 0.5) is 4.79 Å². The minimum atomic E-state index is -3.39. The number of hydrogen-bond donors (Lipinski definition) is 4. The lowest BCUT2D eigenvalue weighted by Gasteiger charge is -2.62. The lowest BCUT2D eigenvalue weighted by atomic mass is 9.42. The minimum absolute atomic E-state index is 0.109. The molecular formula is C34H56N4O7S. The van der Waals surface area contributed by atoms with E-state index in [1.807, 2.05) is 27.7 Å². The molecule has 0 aromatic rings. The second-order valence-electron chi connectivity index (χ2n) is 15.7. The van der Waals surface area contributed by atoms with Gasteiger partial charge in [-0.25, -0.2) is 13.2 Å². The normalized spacial score (nSPS) is 26.3. The zero-order valence-electron chi connectivity index (χ0n) is 28.8. The number of rotatable bonds is 14. The SMILES string of the molecule is C=CCNC(=O)C(=O)C(CCC)NC(=O)C1C(C(=O)[C@@H](NC(=O)NC2(CS(C)(=O)=O)CCCCC2)C(C)(C)C)C[C@H]2C[C@@H]1C2(C)C. The highest BCUT2D eigenvalue weighted by atomic mass is 32.2. The standard InChI is InChI=1S/C34H56N4O7S/c1-9-14-24(27(40)30(42)35-17-10-2)36-29(41)25-22(18-21-19-23(25)33(21,6)7)26(39)28(32(3,4)5)37-31(43)38-34(20-46(8,44)45)15-12-11-13-16-34/h10,21-25,28H,2,9,11-20H2,1,3-8H3,(H,35,42)(H,36,41)(H2,37,38,43)/t21-,22?,23-,24?,25?,28+/m0/s1. The fourth-order valence-electron chi connectivity index (χ4n) is 8.07. The van der Waals surface area contributed by atoms with Gasteiger partial charge in [-0.1, -0.05) is 73.3 Å². The van der Waals surface area contributed by atoms with Crippen molar-refractivity contribution < 1.29 is 32.4 Å². The summed E-state index contributed by atoms with van der Waals surface area (Å²) in [4.78, 5) is 67.6. The molecule has 46 heavy (non-hydrogen) atoms. The topological polar surface area (TPSA) is 168 Å². The van der Waals surface area contributed by atoms with Crippen LogP contribution in [-0.4, -0.2) is 74.0 Å². The van der Waals surface area contributed by atoms with Crippen molar-refractivity contribution in [3.05, 3.63) is 12.7 Å². The largest absolute Gasteiger partial charge is 0.346 e. The van der Waals surface area contributed by atoms with Gasteiger partial charge in [0.2, 0.25) is 11.7 Å². The fourth-order valence-corrected chi connectivity index (χ4v) is 9.43. The molecule has 12 heteroatoms. The number of ketones is 2. The van der Waals surface area contributed by atoms with Gasteiger partial charge >= 0.3 is 6.03 Å². The molecule has 4 fully saturated rings. The van der Waals surface area contributed by atoms with E-state index in [0.717, 1.165) is 31.9 Å². The van der Waals surface area contributed by atoms with E-state index in [1.165, 1.54) is 6.08 Å². The Bertz CT molecular complexity index is 1300. The molecule has 260 valence electrons. The fraction of sp³-hybridized carbons (Fsp3) is 0.794. The van der Waals surface area contributed by atoms with Crippen LogP contribution in [0.1, 0.15) is 99.3 Å². The summed E-state index contributed by atoms with van der Waals surface area (Å²) in [7, 11) is -3.39. The number of Topliss-reactive ketones (excluding diaryl/α,β-unsaturated/α-hetero) is 2. The van der Waals surface area contributed by atoms with Crippen LogP contribution in [0.5, 0.6) is 0 Å². The molecule has 3 unspecified atom stereocenters. The molecule has 0 saturated heterocycles. The quantitative estimate of drug-likeness (QED) is 0.163. The Kier molecular flexibility index (Phi) is 11.9. The summed E-state index contributed by atoms with van der Waals surface area (Å²) in [5, 5.41) is 11.2. The van der Waals surface area contributed by atoms with Crippen molar-refractivity contribution in [2.24, 2.45) is 34.5 Å². The molecule has 0 radical (unpaired) electrons. The van der Waals surface area contributed by atoms with Crippen molar-refractivity contribution in [3.8, 4) is 0 Å². The summed E-state index contributed by atoms with van der Waals surface area (Å²) >= 11 is 0. The summed E-state index contributed by atoms with van der Waals surface area (Å²) in [6.07, 6.45) is 8.35. The van der Waals surface area contributed by atoms with Gasteiger partial charge in [0.05, 0.1) is 29.3 Å². The van der Waals surface area contributed by atoms with Crippen molar-refractivity contribution in [1.82, 2.24) is 21.3 Å². The highest BCUT2D eigenvalue weighted by Gasteiger charge is 2.62. The lowest BCUT2D eigenvalue weighted by Crippen LogP contribution is -2.65. The molecule has 0 aromatic heterocycles. The number of nitrogens with one attached hydrogen (secondary N) is 4. The Morgan fingerprint density at radius 1 is 1.00 bits per heavy atom. The van der Waals surface area contributed by atoms with Crippen molar-refractivity contribution in [2.45, 2.75) is 117 Å². The van der Waals surface area contributed by atoms with E-state index in [4.69, 9.17) is 0 Å². The van der Waals surface area contributed by atoms with Crippen molar-refractivity contribution >= 4 is 39.2 Å². The first kappa shape index (κ1) is 37.7. The predicted octanol–water partition coefficient (Wildman–Crippen LogP) is 3.47. The number of carbonyl (C=O) groups is 5. The number of urea groups is 1. The molecule has 2 bridgehead atoms. The van der Waals surface area contributed by atoms with E-state index in [0.29, 0.717) is 25.7 Å². The summed E-state index contributed by atoms with van der Waals surface area (Å²) in [6.45, 7) is 15.3. The van der Waals surface area contributed by atoms with Crippen LogP contribution in [0.15, 0.2) is 12.7 Å². The van der Waals surface area contributed by atoms with Crippen LogP contribution in [-0.2, 0) is 29.0 Å². The van der Waals surface area contributed by atoms with Gasteiger partial charge in [0, 0.05) is 18.7 Å². The molecule has 4 aliphatic rings.